The summed E-state index contributed by atoms with van der Waals surface area (Å²) in [5.74, 6) is 1.94. The van der Waals surface area contributed by atoms with Gasteiger partial charge in [0, 0.05) is 16.1 Å². The first-order valence-electron chi connectivity index (χ1n) is 8.79. The van der Waals surface area contributed by atoms with Gasteiger partial charge in [-0.25, -0.2) is 0 Å². The molecular formula is C21H23ClN2. The zero-order valence-corrected chi connectivity index (χ0v) is 14.8. The van der Waals surface area contributed by atoms with Crippen molar-refractivity contribution >= 4 is 23.1 Å². The molecule has 0 aromatic heterocycles. The number of aliphatic imine (C=N–C) groups is 1. The van der Waals surface area contributed by atoms with Gasteiger partial charge in [-0.1, -0.05) is 48.9 Å². The van der Waals surface area contributed by atoms with Crippen LogP contribution in [0.2, 0.25) is 5.02 Å². The Morgan fingerprint density at radius 3 is 2.88 bits per heavy atom. The molecule has 1 heterocycles. The molecule has 2 aromatic carbocycles. The highest BCUT2D eigenvalue weighted by atomic mass is 35.5. The minimum atomic E-state index is 0.187. The van der Waals surface area contributed by atoms with Gasteiger partial charge in [-0.05, 0) is 60.9 Å². The zero-order chi connectivity index (χ0) is 16.6. The fourth-order valence-electron chi connectivity index (χ4n) is 4.29. The second-order valence-electron chi connectivity index (χ2n) is 7.38. The van der Waals surface area contributed by atoms with Crippen molar-refractivity contribution in [1.82, 2.24) is 0 Å². The van der Waals surface area contributed by atoms with Gasteiger partial charge in [0.05, 0.1) is 6.54 Å². The Hall–Kier alpha value is -1.80. The van der Waals surface area contributed by atoms with Crippen LogP contribution in [0, 0.1) is 11.3 Å². The highest BCUT2D eigenvalue weighted by Gasteiger charge is 2.44. The molecule has 3 heteroatoms. The van der Waals surface area contributed by atoms with Crippen LogP contribution in [0.5, 0.6) is 0 Å². The Bertz CT molecular complexity index is 783. The van der Waals surface area contributed by atoms with E-state index in [0.29, 0.717) is 6.54 Å². The molecule has 2 aliphatic rings. The van der Waals surface area contributed by atoms with Crippen molar-refractivity contribution < 1.29 is 0 Å². The Morgan fingerprint density at radius 1 is 1.21 bits per heavy atom. The van der Waals surface area contributed by atoms with Crippen molar-refractivity contribution in [1.29, 1.82) is 0 Å². The number of hydrogen-bond donors (Lipinski definition) is 1. The summed E-state index contributed by atoms with van der Waals surface area (Å²) in [5, 5.41) is 4.43. The molecule has 1 aliphatic carbocycles. The van der Waals surface area contributed by atoms with Crippen molar-refractivity contribution in [2.75, 3.05) is 5.32 Å². The largest absolute Gasteiger partial charge is 0.343 e. The van der Waals surface area contributed by atoms with E-state index in [1.165, 1.54) is 36.3 Å². The first kappa shape index (κ1) is 15.7. The van der Waals surface area contributed by atoms with E-state index in [9.17, 15) is 0 Å². The van der Waals surface area contributed by atoms with Crippen molar-refractivity contribution in [3.05, 3.63) is 64.7 Å². The molecule has 0 radical (unpaired) electrons. The molecule has 4 rings (SSSR count). The normalized spacial score (nSPS) is 27.2. The molecule has 0 amide bonds. The number of para-hydroxylation sites is 1. The molecule has 0 bridgehead atoms. The molecule has 1 fully saturated rings. The summed E-state index contributed by atoms with van der Waals surface area (Å²) in [5.41, 5.74) is 3.99. The minimum Gasteiger partial charge on any atom is -0.343 e. The number of hydrogen-bond acceptors (Lipinski definition) is 1. The second kappa shape index (κ2) is 6.25. The summed E-state index contributed by atoms with van der Waals surface area (Å²) in [6.45, 7) is 3.05. The number of anilines is 1. The fraction of sp³-hybridized carbons (Fsp3) is 0.381. The van der Waals surface area contributed by atoms with Crippen molar-refractivity contribution in [2.24, 2.45) is 16.3 Å². The number of halogens is 1. The lowest BCUT2D eigenvalue weighted by molar-refractivity contribution is 0.406. The summed E-state index contributed by atoms with van der Waals surface area (Å²) < 4.78 is 0. The van der Waals surface area contributed by atoms with Gasteiger partial charge < -0.3 is 5.32 Å². The molecular weight excluding hydrogens is 316 g/mol. The number of fused-ring (bicyclic) bond motifs is 1. The summed E-state index contributed by atoms with van der Waals surface area (Å²) in [6, 6.07) is 16.7. The van der Waals surface area contributed by atoms with Crippen LogP contribution in [0.4, 0.5) is 5.69 Å². The maximum Gasteiger partial charge on any atom is 0.108 e. The van der Waals surface area contributed by atoms with E-state index in [-0.39, 0.29) is 5.41 Å². The Morgan fingerprint density at radius 2 is 2.08 bits per heavy atom. The maximum absolute atomic E-state index is 6.11. The van der Waals surface area contributed by atoms with Gasteiger partial charge >= 0.3 is 0 Å². The molecule has 0 saturated heterocycles. The van der Waals surface area contributed by atoms with Crippen LogP contribution in [-0.4, -0.2) is 5.84 Å². The van der Waals surface area contributed by atoms with Crippen LogP contribution in [0.1, 0.15) is 37.3 Å². The predicted octanol–water partition coefficient (Wildman–Crippen LogP) is 5.71. The number of nitrogens with zero attached hydrogens (tertiary/aromatic N) is 1. The molecule has 2 aromatic rings. The number of amidine groups is 1. The van der Waals surface area contributed by atoms with Gasteiger partial charge in [0.15, 0.2) is 0 Å². The van der Waals surface area contributed by atoms with Crippen LogP contribution in [0.25, 0.3) is 0 Å². The molecule has 2 nitrogen and oxygen atoms in total. The van der Waals surface area contributed by atoms with E-state index in [2.05, 4.69) is 42.6 Å². The van der Waals surface area contributed by atoms with E-state index in [1.54, 1.807) is 0 Å². The van der Waals surface area contributed by atoms with Gasteiger partial charge in [0.2, 0.25) is 0 Å². The minimum absolute atomic E-state index is 0.187. The molecule has 1 spiro atoms. The average molecular weight is 339 g/mol. The number of nitrogens with one attached hydrogen (secondary N) is 1. The van der Waals surface area contributed by atoms with Crippen molar-refractivity contribution in [3.8, 4) is 0 Å². The highest BCUT2D eigenvalue weighted by molar-refractivity contribution is 6.30. The maximum atomic E-state index is 6.11. The molecule has 124 valence electrons. The van der Waals surface area contributed by atoms with E-state index in [0.717, 1.165) is 22.9 Å². The molecule has 1 aliphatic heterocycles. The fourth-order valence-corrected chi connectivity index (χ4v) is 4.50. The molecule has 2 atom stereocenters. The average Bonchev–Trinajstić information content (AvgIpc) is 2.94. The topological polar surface area (TPSA) is 24.4 Å². The monoisotopic (exact) mass is 338 g/mol. The first-order valence-corrected chi connectivity index (χ1v) is 9.17. The standard InChI is InChI=1S/C21H23ClN2/c1-15-9-10-21(12-15)13-17-6-2-3-8-19(17)24-20(21)23-14-16-5-4-7-18(22)11-16/h2-8,11,15H,9-10,12-14H2,1H3,(H,23,24). The lowest BCUT2D eigenvalue weighted by Gasteiger charge is -2.37. The van der Waals surface area contributed by atoms with Gasteiger partial charge in [0.1, 0.15) is 5.84 Å². The smallest absolute Gasteiger partial charge is 0.108 e. The van der Waals surface area contributed by atoms with Gasteiger partial charge in [-0.2, -0.15) is 0 Å². The van der Waals surface area contributed by atoms with Crippen LogP contribution < -0.4 is 5.32 Å². The summed E-state index contributed by atoms with van der Waals surface area (Å²) in [6.07, 6.45) is 4.85. The lowest BCUT2D eigenvalue weighted by atomic mass is 9.75. The van der Waals surface area contributed by atoms with Crippen LogP contribution >= 0.6 is 11.6 Å². The van der Waals surface area contributed by atoms with Crippen LogP contribution in [0.15, 0.2) is 53.5 Å². The third-order valence-corrected chi connectivity index (χ3v) is 5.70. The van der Waals surface area contributed by atoms with E-state index < -0.39 is 0 Å². The SMILES string of the molecule is CC1CCC2(Cc3ccccc3NC2=NCc2cccc(Cl)c2)C1. The van der Waals surface area contributed by atoms with Gasteiger partial charge in [-0.15, -0.1) is 0 Å². The number of rotatable bonds is 2. The summed E-state index contributed by atoms with van der Waals surface area (Å²) in [4.78, 5) is 5.01. The summed E-state index contributed by atoms with van der Waals surface area (Å²) in [7, 11) is 0. The van der Waals surface area contributed by atoms with E-state index >= 15 is 0 Å². The number of benzene rings is 2. The van der Waals surface area contributed by atoms with Crippen molar-refractivity contribution in [2.45, 2.75) is 39.2 Å². The van der Waals surface area contributed by atoms with Crippen molar-refractivity contribution in [3.63, 3.8) is 0 Å². The molecule has 2 unspecified atom stereocenters. The van der Waals surface area contributed by atoms with Gasteiger partial charge in [0.25, 0.3) is 0 Å². The molecule has 1 N–H and O–H groups in total. The van der Waals surface area contributed by atoms with Crippen LogP contribution in [0.3, 0.4) is 0 Å². The Balaban J connectivity index is 1.67. The van der Waals surface area contributed by atoms with E-state index in [1.807, 2.05) is 18.2 Å². The third kappa shape index (κ3) is 2.95. The molecule has 1 saturated carbocycles. The second-order valence-corrected chi connectivity index (χ2v) is 7.82. The zero-order valence-electron chi connectivity index (χ0n) is 14.1. The Kier molecular flexibility index (Phi) is 4.09. The Labute approximate surface area is 149 Å². The lowest BCUT2D eigenvalue weighted by Crippen LogP contribution is -2.40. The highest BCUT2D eigenvalue weighted by Crippen LogP contribution is 2.48. The molecule has 24 heavy (non-hydrogen) atoms. The summed E-state index contributed by atoms with van der Waals surface area (Å²) >= 11 is 6.11. The van der Waals surface area contributed by atoms with E-state index in [4.69, 9.17) is 16.6 Å². The first-order chi connectivity index (χ1) is 11.6. The van der Waals surface area contributed by atoms with Gasteiger partial charge in [-0.3, -0.25) is 4.99 Å². The predicted molar refractivity (Wildman–Crippen MR) is 102 cm³/mol. The quantitative estimate of drug-likeness (QED) is 0.744. The third-order valence-electron chi connectivity index (χ3n) is 5.47. The van der Waals surface area contributed by atoms with Crippen LogP contribution in [-0.2, 0) is 13.0 Å².